The minimum Gasteiger partial charge on any atom is -0.489 e. The van der Waals surface area contributed by atoms with Crippen LogP contribution >= 0.6 is 11.6 Å². The second-order valence-electron chi connectivity index (χ2n) is 17.4. The van der Waals surface area contributed by atoms with Crippen molar-refractivity contribution in [1.82, 2.24) is 20.4 Å². The Balaban J connectivity index is 0.827. The van der Waals surface area contributed by atoms with Gasteiger partial charge in [0.25, 0.3) is 17.7 Å². The van der Waals surface area contributed by atoms with Gasteiger partial charge in [-0.15, -0.1) is 0 Å². The van der Waals surface area contributed by atoms with Crippen LogP contribution < -0.4 is 25.2 Å². The molecule has 59 heavy (non-hydrogen) atoms. The molecule has 0 bridgehead atoms. The molecule has 1 saturated carbocycles. The van der Waals surface area contributed by atoms with Gasteiger partial charge in [0.1, 0.15) is 29.8 Å². The molecule has 5 amide bonds. The van der Waals surface area contributed by atoms with Crippen LogP contribution in [0.3, 0.4) is 0 Å². The second kappa shape index (κ2) is 15.3. The number of rotatable bonds is 8. The molecule has 1 unspecified atom stereocenters. The van der Waals surface area contributed by atoms with Gasteiger partial charge in [-0.2, -0.15) is 5.26 Å². The summed E-state index contributed by atoms with van der Waals surface area (Å²) in [5.41, 5.74) is 1.50. The predicted octanol–water partition coefficient (Wildman–Crippen LogP) is 5.15. The molecule has 4 heterocycles. The van der Waals surface area contributed by atoms with Gasteiger partial charge < -0.3 is 19.9 Å². The van der Waals surface area contributed by atoms with E-state index in [4.69, 9.17) is 16.3 Å². The van der Waals surface area contributed by atoms with Crippen molar-refractivity contribution in [2.45, 2.75) is 77.6 Å². The van der Waals surface area contributed by atoms with Gasteiger partial charge in [-0.1, -0.05) is 39.3 Å². The lowest BCUT2D eigenvalue weighted by Gasteiger charge is -2.63. The van der Waals surface area contributed by atoms with Gasteiger partial charge in [0.2, 0.25) is 11.8 Å². The number of fused-ring (bicyclic) bond motifs is 1. The van der Waals surface area contributed by atoms with Crippen LogP contribution in [0.15, 0.2) is 54.6 Å². The number of piperazine rings is 1. The Morgan fingerprint density at radius 1 is 0.847 bits per heavy atom. The molecule has 2 N–H and O–H groups in total. The molecule has 3 aromatic carbocycles. The van der Waals surface area contributed by atoms with E-state index in [0.717, 1.165) is 55.3 Å². The number of piperidine rings is 2. The average molecular weight is 824 g/mol. The van der Waals surface area contributed by atoms with Crippen LogP contribution in [0, 0.1) is 28.0 Å². The lowest BCUT2D eigenvalue weighted by atomic mass is 9.49. The third-order valence-corrected chi connectivity index (χ3v) is 13.4. The molecular weight excluding hydrogens is 777 g/mol. The number of carbonyl (C=O) groups is 5. The van der Waals surface area contributed by atoms with E-state index in [0.29, 0.717) is 35.5 Å². The molecule has 3 saturated heterocycles. The smallest absolute Gasteiger partial charge is 0.262 e. The van der Waals surface area contributed by atoms with Crippen molar-refractivity contribution in [3.05, 3.63) is 87.7 Å². The Morgan fingerprint density at radius 3 is 2.14 bits per heavy atom. The van der Waals surface area contributed by atoms with Crippen molar-refractivity contribution < 1.29 is 33.1 Å². The van der Waals surface area contributed by atoms with E-state index in [9.17, 15) is 29.2 Å². The van der Waals surface area contributed by atoms with E-state index in [1.807, 2.05) is 45.9 Å². The van der Waals surface area contributed by atoms with Crippen LogP contribution in [0.1, 0.15) is 90.0 Å². The molecule has 3 aromatic rings. The molecule has 308 valence electrons. The highest BCUT2D eigenvalue weighted by Gasteiger charge is 2.64. The number of nitrogens with zero attached hydrogens (tertiary/aromatic N) is 5. The van der Waals surface area contributed by atoms with Crippen molar-refractivity contribution in [3.8, 4) is 11.8 Å². The summed E-state index contributed by atoms with van der Waals surface area (Å²) >= 11 is 6.23. The van der Waals surface area contributed by atoms with Gasteiger partial charge in [0.15, 0.2) is 0 Å². The number of imide groups is 2. The van der Waals surface area contributed by atoms with Crippen molar-refractivity contribution >= 4 is 52.5 Å². The molecule has 15 heteroatoms. The molecule has 4 aliphatic heterocycles. The third-order valence-electron chi connectivity index (χ3n) is 13.1. The fraction of sp³-hybridized carbons (Fsp3) is 0.455. The van der Waals surface area contributed by atoms with Crippen molar-refractivity contribution in [3.63, 3.8) is 0 Å². The third kappa shape index (κ3) is 7.18. The lowest BCUT2D eigenvalue weighted by molar-refractivity contribution is -0.164. The Labute approximate surface area is 347 Å². The number of hydrogen-bond donors (Lipinski definition) is 2. The predicted molar refractivity (Wildman–Crippen MR) is 218 cm³/mol. The molecule has 1 aliphatic carbocycles. The van der Waals surface area contributed by atoms with Crippen molar-refractivity contribution in [1.29, 1.82) is 5.26 Å². The van der Waals surface area contributed by atoms with Crippen LogP contribution in [0.25, 0.3) is 0 Å². The summed E-state index contributed by atoms with van der Waals surface area (Å²) in [5.74, 6) is -2.59. The molecule has 5 aliphatic rings. The Bertz CT molecular complexity index is 2280. The number of amides is 5. The summed E-state index contributed by atoms with van der Waals surface area (Å²) < 4.78 is 22.0. The Hall–Kier alpha value is -5.52. The zero-order valence-electron chi connectivity index (χ0n) is 33.5. The van der Waals surface area contributed by atoms with Gasteiger partial charge in [-0.3, -0.25) is 39.1 Å². The first kappa shape index (κ1) is 40.3. The van der Waals surface area contributed by atoms with E-state index in [-0.39, 0.29) is 41.7 Å². The fourth-order valence-electron chi connectivity index (χ4n) is 10.2. The van der Waals surface area contributed by atoms with Crippen LogP contribution in [-0.2, 0) is 9.59 Å². The summed E-state index contributed by atoms with van der Waals surface area (Å²) in [6.07, 6.45) is 1.73. The topological polar surface area (TPSA) is 155 Å². The number of nitriles is 1. The minimum atomic E-state index is -0.998. The summed E-state index contributed by atoms with van der Waals surface area (Å²) in [6, 6.07) is 16.1. The monoisotopic (exact) mass is 823 g/mol. The zero-order chi connectivity index (χ0) is 42.0. The SMILES string of the molecule is CC1(C)[C@H](NC(=O)c2ccc(N3CCN(C4CCN(c5ccc6c(c5)C(=O)N(C5CCC(=O)NC5=O)C6=O)CC4)CC3)cc2F)C(C)(C)[C@H]1Oc1ccc(C#N)c(Cl)c1. The number of anilines is 2. The number of halogens is 2. The molecule has 8 rings (SSSR count). The zero-order valence-corrected chi connectivity index (χ0v) is 34.3. The lowest BCUT2D eigenvalue weighted by Crippen LogP contribution is -2.74. The highest BCUT2D eigenvalue weighted by atomic mass is 35.5. The van der Waals surface area contributed by atoms with Crippen LogP contribution in [0.2, 0.25) is 5.02 Å². The molecule has 0 aromatic heterocycles. The van der Waals surface area contributed by atoms with Crippen LogP contribution in [0.5, 0.6) is 5.75 Å². The van der Waals surface area contributed by atoms with E-state index < -0.39 is 52.2 Å². The number of benzene rings is 3. The van der Waals surface area contributed by atoms with Crippen molar-refractivity contribution in [2.24, 2.45) is 10.8 Å². The van der Waals surface area contributed by atoms with E-state index in [2.05, 4.69) is 25.3 Å². The van der Waals surface area contributed by atoms with Gasteiger partial charge in [-0.05, 0) is 67.8 Å². The first-order valence-electron chi connectivity index (χ1n) is 20.1. The largest absolute Gasteiger partial charge is 0.489 e. The van der Waals surface area contributed by atoms with E-state index in [1.165, 1.54) is 6.07 Å². The molecule has 1 atom stereocenters. The maximum Gasteiger partial charge on any atom is 0.262 e. The standard InChI is InChI=1S/C44H47ClFN7O6/c1-43(2)41(44(3,4)42(43)59-29-8-5-25(24-47)33(45)23-29)49-37(55)31-10-7-28(22-34(31)46)52-19-17-51(18-20-52)26-13-15-50(16-14-26)27-6-9-30-32(21-27)40(58)53(39(30)57)35-11-12-36(54)48-38(35)56/h5-10,21-23,26,35,41-42H,11-20H2,1-4H3,(H,49,55)(H,48,54,56)/t35?,41-,42-. The van der Waals surface area contributed by atoms with Gasteiger partial charge in [0, 0.05) is 86.0 Å². The highest BCUT2D eigenvalue weighted by Crippen LogP contribution is 2.55. The van der Waals surface area contributed by atoms with E-state index >= 15 is 4.39 Å². The molecular formula is C44H47ClFN7O6. The quantitative estimate of drug-likeness (QED) is 0.292. The van der Waals surface area contributed by atoms with Crippen LogP contribution in [0.4, 0.5) is 15.8 Å². The number of nitrogens with one attached hydrogen (secondary N) is 2. The first-order chi connectivity index (χ1) is 28.1. The maximum atomic E-state index is 15.6. The highest BCUT2D eigenvalue weighted by molar-refractivity contribution is 6.31. The van der Waals surface area contributed by atoms with Gasteiger partial charge >= 0.3 is 0 Å². The summed E-state index contributed by atoms with van der Waals surface area (Å²) in [7, 11) is 0. The Kier molecular flexibility index (Phi) is 10.4. The number of ether oxygens (including phenoxy) is 1. The number of carbonyl (C=O) groups excluding carboxylic acids is 5. The average Bonchev–Trinajstić information content (AvgIpc) is 3.46. The van der Waals surface area contributed by atoms with Crippen LogP contribution in [-0.4, -0.2) is 103 Å². The van der Waals surface area contributed by atoms with Crippen molar-refractivity contribution in [2.75, 3.05) is 49.1 Å². The molecule has 13 nitrogen and oxygen atoms in total. The van der Waals surface area contributed by atoms with E-state index in [1.54, 1.807) is 36.4 Å². The molecule has 0 radical (unpaired) electrons. The maximum absolute atomic E-state index is 15.6. The normalized spacial score (nSPS) is 24.3. The molecule has 4 fully saturated rings. The summed E-state index contributed by atoms with van der Waals surface area (Å²) in [6.45, 7) is 12.6. The first-order valence-corrected chi connectivity index (χ1v) is 20.5. The summed E-state index contributed by atoms with van der Waals surface area (Å²) in [4.78, 5) is 71.9. The second-order valence-corrected chi connectivity index (χ2v) is 17.8. The molecule has 0 spiro atoms. The summed E-state index contributed by atoms with van der Waals surface area (Å²) in [5, 5.41) is 14.8. The van der Waals surface area contributed by atoms with Gasteiger partial charge in [-0.25, -0.2) is 4.39 Å². The number of hydrogen-bond acceptors (Lipinski definition) is 10. The fourth-order valence-corrected chi connectivity index (χ4v) is 10.4. The Morgan fingerprint density at radius 2 is 1.49 bits per heavy atom. The van der Waals surface area contributed by atoms with Gasteiger partial charge in [0.05, 0.1) is 27.3 Å². The minimum absolute atomic E-state index is 0.0139.